The van der Waals surface area contributed by atoms with Crippen LogP contribution in [0, 0.1) is 0 Å². The molecule has 1 aromatic heterocycles. The molecule has 1 N–H and O–H groups in total. The molecule has 8 nitrogen and oxygen atoms in total. The number of nitrogens with zero attached hydrogens (tertiary/aromatic N) is 1. The quantitative estimate of drug-likeness (QED) is 0.304. The van der Waals surface area contributed by atoms with Crippen molar-refractivity contribution in [1.82, 2.24) is 4.90 Å². The molecule has 1 aliphatic heterocycles. The van der Waals surface area contributed by atoms with Gasteiger partial charge in [-0.05, 0) is 41.8 Å². The number of para-hydroxylation sites is 1. The minimum Gasteiger partial charge on any atom is -0.503 e. The van der Waals surface area contributed by atoms with E-state index in [1.165, 1.54) is 26.2 Å². The normalized spacial score (nSPS) is 15.3. The third-order valence-electron chi connectivity index (χ3n) is 6.71. The lowest BCUT2D eigenvalue weighted by Gasteiger charge is -2.27. The summed E-state index contributed by atoms with van der Waals surface area (Å²) in [6.07, 6.45) is 0.535. The number of ether oxygens (including phenoxy) is 3. The molecule has 38 heavy (non-hydrogen) atoms. The summed E-state index contributed by atoms with van der Waals surface area (Å²) in [5.41, 5.74) is 1.96. The molecule has 3 aromatic carbocycles. The van der Waals surface area contributed by atoms with Crippen LogP contribution in [0.5, 0.6) is 17.2 Å². The average molecular weight is 514 g/mol. The summed E-state index contributed by atoms with van der Waals surface area (Å²) in [7, 11) is 4.55. The number of furan rings is 1. The van der Waals surface area contributed by atoms with Gasteiger partial charge < -0.3 is 28.6 Å². The molecule has 8 heteroatoms. The van der Waals surface area contributed by atoms with Crippen LogP contribution in [-0.4, -0.2) is 49.6 Å². The topological polar surface area (TPSA) is 98.4 Å². The second-order valence-electron chi connectivity index (χ2n) is 8.83. The van der Waals surface area contributed by atoms with E-state index in [4.69, 9.17) is 18.6 Å². The summed E-state index contributed by atoms with van der Waals surface area (Å²) < 4.78 is 22.1. The van der Waals surface area contributed by atoms with E-state index in [1.54, 1.807) is 42.5 Å². The maximum atomic E-state index is 13.9. The summed E-state index contributed by atoms with van der Waals surface area (Å²) in [6.45, 7) is 0.274. The van der Waals surface area contributed by atoms with Crippen molar-refractivity contribution in [2.75, 3.05) is 27.9 Å². The van der Waals surface area contributed by atoms with Crippen molar-refractivity contribution in [3.8, 4) is 17.2 Å². The van der Waals surface area contributed by atoms with Gasteiger partial charge in [0, 0.05) is 11.9 Å². The number of methoxy groups -OCH3 is 3. The maximum Gasteiger partial charge on any atom is 0.290 e. The Kier molecular flexibility index (Phi) is 6.79. The molecule has 0 fully saturated rings. The van der Waals surface area contributed by atoms with E-state index in [2.05, 4.69) is 0 Å². The monoisotopic (exact) mass is 513 g/mol. The molecule has 1 unspecified atom stereocenters. The lowest BCUT2D eigenvalue weighted by atomic mass is 9.94. The fourth-order valence-electron chi connectivity index (χ4n) is 4.82. The first-order valence-corrected chi connectivity index (χ1v) is 12.1. The van der Waals surface area contributed by atoms with Gasteiger partial charge in [0.1, 0.15) is 0 Å². The number of ketones is 1. The van der Waals surface area contributed by atoms with Crippen molar-refractivity contribution in [2.24, 2.45) is 0 Å². The Morgan fingerprint density at radius 3 is 2.34 bits per heavy atom. The van der Waals surface area contributed by atoms with E-state index in [0.29, 0.717) is 40.2 Å². The van der Waals surface area contributed by atoms with Crippen molar-refractivity contribution in [1.29, 1.82) is 0 Å². The van der Waals surface area contributed by atoms with Crippen molar-refractivity contribution in [3.63, 3.8) is 0 Å². The number of fused-ring (bicyclic) bond motifs is 1. The number of aliphatic hydroxyl groups excluding tert-OH is 1. The van der Waals surface area contributed by atoms with Crippen molar-refractivity contribution in [2.45, 2.75) is 12.5 Å². The Morgan fingerprint density at radius 2 is 1.63 bits per heavy atom. The summed E-state index contributed by atoms with van der Waals surface area (Å²) in [6, 6.07) is 20.9. The number of amides is 1. The van der Waals surface area contributed by atoms with Crippen LogP contribution in [-0.2, 0) is 11.2 Å². The van der Waals surface area contributed by atoms with Gasteiger partial charge in [0.15, 0.2) is 34.4 Å². The zero-order valence-electron chi connectivity index (χ0n) is 21.3. The molecule has 2 heterocycles. The van der Waals surface area contributed by atoms with E-state index < -0.39 is 23.5 Å². The Hall–Kier alpha value is -4.72. The molecular weight excluding hydrogens is 486 g/mol. The van der Waals surface area contributed by atoms with Gasteiger partial charge in [-0.3, -0.25) is 9.59 Å². The van der Waals surface area contributed by atoms with Gasteiger partial charge in [-0.25, -0.2) is 0 Å². The van der Waals surface area contributed by atoms with E-state index in [1.807, 2.05) is 30.3 Å². The van der Waals surface area contributed by atoms with Crippen LogP contribution in [0.3, 0.4) is 0 Å². The van der Waals surface area contributed by atoms with Gasteiger partial charge in [0.05, 0.1) is 32.9 Å². The predicted octanol–water partition coefficient (Wildman–Crippen LogP) is 5.28. The molecule has 4 aromatic rings. The standard InChI is InChI=1S/C30H27NO7/c1-35-21-13-12-19(16-23(21)37-3)26-25(27(32)24-17-20-10-7-11-22(36-2)29(20)38-24)28(33)30(34)31(26)15-14-18-8-5-4-6-9-18/h4-13,16-17,26,33H,14-15H2,1-3H3. The smallest absolute Gasteiger partial charge is 0.290 e. The molecule has 0 saturated carbocycles. The highest BCUT2D eigenvalue weighted by Crippen LogP contribution is 2.42. The number of hydrogen-bond acceptors (Lipinski definition) is 7. The van der Waals surface area contributed by atoms with Crippen LogP contribution in [0.1, 0.15) is 27.7 Å². The molecule has 1 amide bonds. The molecule has 0 bridgehead atoms. The van der Waals surface area contributed by atoms with Crippen molar-refractivity contribution in [3.05, 3.63) is 101 Å². The first-order chi connectivity index (χ1) is 18.5. The van der Waals surface area contributed by atoms with E-state index >= 15 is 0 Å². The molecule has 0 radical (unpaired) electrons. The second-order valence-corrected chi connectivity index (χ2v) is 8.83. The van der Waals surface area contributed by atoms with Gasteiger partial charge in [0.2, 0.25) is 5.78 Å². The molecular formula is C30H27NO7. The fraction of sp³-hybridized carbons (Fsp3) is 0.200. The predicted molar refractivity (Wildman–Crippen MR) is 141 cm³/mol. The summed E-state index contributed by atoms with van der Waals surface area (Å²) >= 11 is 0. The van der Waals surface area contributed by atoms with Crippen LogP contribution >= 0.6 is 0 Å². The lowest BCUT2D eigenvalue weighted by Crippen LogP contribution is -2.33. The number of carbonyl (C=O) groups is 2. The van der Waals surface area contributed by atoms with Crippen LogP contribution in [0.2, 0.25) is 0 Å². The van der Waals surface area contributed by atoms with E-state index in [9.17, 15) is 14.7 Å². The Morgan fingerprint density at radius 1 is 0.895 bits per heavy atom. The summed E-state index contributed by atoms with van der Waals surface area (Å²) in [5, 5.41) is 11.7. The maximum absolute atomic E-state index is 13.9. The zero-order chi connectivity index (χ0) is 26.8. The summed E-state index contributed by atoms with van der Waals surface area (Å²) in [4.78, 5) is 28.7. The first-order valence-electron chi connectivity index (χ1n) is 12.1. The molecule has 194 valence electrons. The molecule has 1 aliphatic rings. The second kappa shape index (κ2) is 10.3. The molecule has 0 aliphatic carbocycles. The van der Waals surface area contributed by atoms with E-state index in [-0.39, 0.29) is 17.9 Å². The highest BCUT2D eigenvalue weighted by Gasteiger charge is 2.44. The third-order valence-corrected chi connectivity index (χ3v) is 6.71. The number of Topliss-reactive ketones (excluding diaryl/α,β-unsaturated/α-hetero) is 1. The Bertz CT molecular complexity index is 1540. The number of rotatable bonds is 9. The van der Waals surface area contributed by atoms with Gasteiger partial charge in [-0.15, -0.1) is 0 Å². The number of hydrogen-bond donors (Lipinski definition) is 1. The lowest BCUT2D eigenvalue weighted by molar-refractivity contribution is -0.129. The van der Waals surface area contributed by atoms with Gasteiger partial charge >= 0.3 is 0 Å². The first kappa shape index (κ1) is 25.0. The van der Waals surface area contributed by atoms with Crippen LogP contribution in [0.4, 0.5) is 0 Å². The van der Waals surface area contributed by atoms with Gasteiger partial charge in [-0.2, -0.15) is 0 Å². The SMILES string of the molecule is COc1ccc(C2C(C(=O)c3cc4cccc(OC)c4o3)=C(O)C(=O)N2CCc2ccccc2)cc1OC. The van der Waals surface area contributed by atoms with Gasteiger partial charge in [0.25, 0.3) is 5.91 Å². The molecule has 1 atom stereocenters. The highest BCUT2D eigenvalue weighted by atomic mass is 16.5. The number of benzene rings is 3. The summed E-state index contributed by atoms with van der Waals surface area (Å²) in [5.74, 6) is -0.407. The van der Waals surface area contributed by atoms with Crippen LogP contribution in [0.15, 0.2) is 88.5 Å². The van der Waals surface area contributed by atoms with E-state index in [0.717, 1.165) is 5.56 Å². The van der Waals surface area contributed by atoms with Crippen LogP contribution in [0.25, 0.3) is 11.0 Å². The van der Waals surface area contributed by atoms with Crippen molar-refractivity contribution >= 4 is 22.7 Å². The molecule has 0 saturated heterocycles. The van der Waals surface area contributed by atoms with Crippen molar-refractivity contribution < 1.29 is 33.3 Å². The van der Waals surface area contributed by atoms with Gasteiger partial charge in [-0.1, -0.05) is 48.5 Å². The Balaban J connectivity index is 1.59. The number of aliphatic hydroxyl groups is 1. The van der Waals surface area contributed by atoms with Crippen LogP contribution < -0.4 is 14.2 Å². The highest BCUT2D eigenvalue weighted by molar-refractivity contribution is 6.16. The number of carbonyl (C=O) groups excluding carboxylic acids is 2. The Labute approximate surface area is 219 Å². The molecule has 0 spiro atoms. The third kappa shape index (κ3) is 4.34. The minimum atomic E-state index is -0.867. The average Bonchev–Trinajstić information content (AvgIpc) is 3.50. The zero-order valence-corrected chi connectivity index (χ0v) is 21.3. The minimum absolute atomic E-state index is 0.00534. The molecule has 5 rings (SSSR count). The largest absolute Gasteiger partial charge is 0.503 e. The fourth-order valence-corrected chi connectivity index (χ4v) is 4.82.